The van der Waals surface area contributed by atoms with E-state index < -0.39 is 0 Å². The third kappa shape index (κ3) is 3.99. The van der Waals surface area contributed by atoms with Crippen LogP contribution in [-0.4, -0.2) is 23.3 Å². The SMILES string of the molecule is COCCc1nc2scc(-c3ccc(C)cc3)c2c(=O)n1Cc1cccc(F)c1. The average Bonchev–Trinajstić information content (AvgIpc) is 3.13. The number of methoxy groups -OCH3 is 1. The molecule has 0 radical (unpaired) electrons. The van der Waals surface area contributed by atoms with E-state index in [0.717, 1.165) is 22.3 Å². The molecular formula is C23H21FN2O2S. The molecule has 0 saturated carbocycles. The van der Waals surface area contributed by atoms with Crippen molar-refractivity contribution < 1.29 is 9.13 Å². The van der Waals surface area contributed by atoms with E-state index in [1.165, 1.54) is 23.5 Å². The zero-order chi connectivity index (χ0) is 20.4. The van der Waals surface area contributed by atoms with Gasteiger partial charge in [0.1, 0.15) is 16.5 Å². The Hall–Kier alpha value is -2.83. The molecule has 2 heterocycles. The second-order valence-electron chi connectivity index (χ2n) is 6.99. The molecule has 2 aromatic carbocycles. The predicted octanol–water partition coefficient (Wildman–Crippen LogP) is 4.81. The van der Waals surface area contributed by atoms with Crippen molar-refractivity contribution in [3.8, 4) is 11.1 Å². The summed E-state index contributed by atoms with van der Waals surface area (Å²) in [6.45, 7) is 2.75. The van der Waals surface area contributed by atoms with Crippen LogP contribution < -0.4 is 5.56 Å². The van der Waals surface area contributed by atoms with Crippen LogP contribution in [0.5, 0.6) is 0 Å². The fraction of sp³-hybridized carbons (Fsp3) is 0.217. The van der Waals surface area contributed by atoms with Crippen molar-refractivity contribution in [3.63, 3.8) is 0 Å². The molecule has 0 aliphatic heterocycles. The highest BCUT2D eigenvalue weighted by Gasteiger charge is 2.17. The molecule has 148 valence electrons. The molecule has 0 saturated heterocycles. The zero-order valence-corrected chi connectivity index (χ0v) is 17.1. The molecule has 0 N–H and O–H groups in total. The zero-order valence-electron chi connectivity index (χ0n) is 16.3. The lowest BCUT2D eigenvalue weighted by Crippen LogP contribution is -2.26. The number of nitrogens with zero attached hydrogens (tertiary/aromatic N) is 2. The van der Waals surface area contributed by atoms with Crippen LogP contribution in [0.2, 0.25) is 0 Å². The van der Waals surface area contributed by atoms with Crippen LogP contribution in [-0.2, 0) is 17.7 Å². The van der Waals surface area contributed by atoms with Crippen LogP contribution in [0.1, 0.15) is 17.0 Å². The summed E-state index contributed by atoms with van der Waals surface area (Å²) >= 11 is 1.47. The molecule has 0 atom stereocenters. The number of aromatic nitrogens is 2. The molecule has 4 aromatic rings. The Morgan fingerprint density at radius 1 is 1.17 bits per heavy atom. The highest BCUT2D eigenvalue weighted by atomic mass is 32.1. The lowest BCUT2D eigenvalue weighted by atomic mass is 10.0. The standard InChI is InChI=1S/C23H21FN2O2S/c1-15-6-8-17(9-7-15)19-14-29-22-21(19)23(27)26(20(25-22)10-11-28-2)13-16-4-3-5-18(24)12-16/h3-9,12,14H,10-11,13H2,1-2H3. The van der Waals surface area contributed by atoms with E-state index in [-0.39, 0.29) is 17.9 Å². The maximum atomic E-state index is 13.7. The van der Waals surface area contributed by atoms with E-state index in [4.69, 9.17) is 9.72 Å². The number of aryl methyl sites for hydroxylation is 1. The second-order valence-corrected chi connectivity index (χ2v) is 7.85. The van der Waals surface area contributed by atoms with E-state index in [1.54, 1.807) is 17.7 Å². The van der Waals surface area contributed by atoms with Gasteiger partial charge in [-0.25, -0.2) is 9.37 Å². The van der Waals surface area contributed by atoms with Crippen molar-refractivity contribution in [2.45, 2.75) is 19.9 Å². The van der Waals surface area contributed by atoms with Gasteiger partial charge in [0.25, 0.3) is 5.56 Å². The van der Waals surface area contributed by atoms with Gasteiger partial charge in [-0.05, 0) is 30.2 Å². The Bertz CT molecular complexity index is 1210. The molecule has 0 unspecified atom stereocenters. The minimum atomic E-state index is -0.320. The summed E-state index contributed by atoms with van der Waals surface area (Å²) in [5, 5.41) is 2.59. The van der Waals surface area contributed by atoms with Gasteiger partial charge in [-0.1, -0.05) is 42.0 Å². The summed E-state index contributed by atoms with van der Waals surface area (Å²) in [5.74, 6) is 0.324. The van der Waals surface area contributed by atoms with Crippen LogP contribution in [0.3, 0.4) is 0 Å². The van der Waals surface area contributed by atoms with Gasteiger partial charge in [0.15, 0.2) is 0 Å². The topological polar surface area (TPSA) is 44.1 Å². The molecule has 29 heavy (non-hydrogen) atoms. The summed E-state index contributed by atoms with van der Waals surface area (Å²) < 4.78 is 20.5. The summed E-state index contributed by atoms with van der Waals surface area (Å²) in [7, 11) is 1.62. The largest absolute Gasteiger partial charge is 0.384 e. The molecule has 0 bridgehead atoms. The van der Waals surface area contributed by atoms with Crippen molar-refractivity contribution in [2.24, 2.45) is 0 Å². The Kier molecular flexibility index (Phi) is 5.56. The van der Waals surface area contributed by atoms with E-state index in [2.05, 4.69) is 0 Å². The maximum Gasteiger partial charge on any atom is 0.263 e. The normalized spacial score (nSPS) is 11.3. The van der Waals surface area contributed by atoms with Gasteiger partial charge in [-0.3, -0.25) is 9.36 Å². The molecule has 0 fully saturated rings. The van der Waals surface area contributed by atoms with Gasteiger partial charge < -0.3 is 4.74 Å². The Labute approximate surface area is 172 Å². The van der Waals surface area contributed by atoms with Crippen molar-refractivity contribution in [2.75, 3.05) is 13.7 Å². The third-order valence-corrected chi connectivity index (χ3v) is 5.77. The van der Waals surface area contributed by atoms with Gasteiger partial charge in [0.2, 0.25) is 0 Å². The first kappa shape index (κ1) is 19.5. The van der Waals surface area contributed by atoms with E-state index in [0.29, 0.717) is 29.1 Å². The molecule has 0 aliphatic carbocycles. The van der Waals surface area contributed by atoms with E-state index in [9.17, 15) is 9.18 Å². The first-order valence-electron chi connectivity index (χ1n) is 9.38. The average molecular weight is 408 g/mol. The Morgan fingerprint density at radius 3 is 2.69 bits per heavy atom. The molecule has 0 spiro atoms. The fourth-order valence-corrected chi connectivity index (χ4v) is 4.33. The van der Waals surface area contributed by atoms with Gasteiger partial charge in [-0.2, -0.15) is 0 Å². The van der Waals surface area contributed by atoms with Crippen LogP contribution in [0.15, 0.2) is 58.7 Å². The number of hydrogen-bond acceptors (Lipinski definition) is 4. The highest BCUT2D eigenvalue weighted by Crippen LogP contribution is 2.31. The number of halogens is 1. The van der Waals surface area contributed by atoms with Crippen LogP contribution >= 0.6 is 11.3 Å². The van der Waals surface area contributed by atoms with Gasteiger partial charge in [0.05, 0.1) is 18.5 Å². The minimum Gasteiger partial charge on any atom is -0.384 e. The lowest BCUT2D eigenvalue weighted by molar-refractivity contribution is 0.199. The van der Waals surface area contributed by atoms with Gasteiger partial charge >= 0.3 is 0 Å². The number of fused-ring (bicyclic) bond motifs is 1. The Balaban J connectivity index is 1.88. The molecule has 2 aromatic heterocycles. The van der Waals surface area contributed by atoms with Gasteiger partial charge in [-0.15, -0.1) is 11.3 Å². The maximum absolute atomic E-state index is 13.7. The summed E-state index contributed by atoms with van der Waals surface area (Å²) in [6.07, 6.45) is 0.509. The van der Waals surface area contributed by atoms with E-state index in [1.807, 2.05) is 42.6 Å². The van der Waals surface area contributed by atoms with Crippen LogP contribution in [0.4, 0.5) is 4.39 Å². The summed E-state index contributed by atoms with van der Waals surface area (Å²) in [6, 6.07) is 14.4. The first-order chi connectivity index (χ1) is 14.1. The molecular weight excluding hydrogens is 387 g/mol. The summed E-state index contributed by atoms with van der Waals surface area (Å²) in [5.41, 5.74) is 3.65. The smallest absolute Gasteiger partial charge is 0.263 e. The van der Waals surface area contributed by atoms with E-state index >= 15 is 0 Å². The predicted molar refractivity (Wildman–Crippen MR) is 115 cm³/mol. The second kappa shape index (κ2) is 8.27. The number of ether oxygens (including phenoxy) is 1. The highest BCUT2D eigenvalue weighted by molar-refractivity contribution is 7.17. The lowest BCUT2D eigenvalue weighted by Gasteiger charge is -2.13. The number of rotatable bonds is 6. The van der Waals surface area contributed by atoms with Crippen molar-refractivity contribution >= 4 is 21.6 Å². The Morgan fingerprint density at radius 2 is 1.97 bits per heavy atom. The van der Waals surface area contributed by atoms with Crippen molar-refractivity contribution in [1.82, 2.24) is 9.55 Å². The van der Waals surface area contributed by atoms with Crippen molar-refractivity contribution in [1.29, 1.82) is 0 Å². The number of thiophene rings is 1. The number of benzene rings is 2. The third-order valence-electron chi connectivity index (χ3n) is 4.89. The number of hydrogen-bond donors (Lipinski definition) is 0. The molecule has 6 heteroatoms. The monoisotopic (exact) mass is 408 g/mol. The molecule has 0 aliphatic rings. The first-order valence-corrected chi connectivity index (χ1v) is 10.3. The fourth-order valence-electron chi connectivity index (χ4n) is 3.38. The molecule has 4 rings (SSSR count). The summed E-state index contributed by atoms with van der Waals surface area (Å²) in [4.78, 5) is 19.0. The molecule has 0 amide bonds. The molecule has 4 nitrogen and oxygen atoms in total. The van der Waals surface area contributed by atoms with Crippen LogP contribution in [0.25, 0.3) is 21.3 Å². The minimum absolute atomic E-state index is 0.109. The van der Waals surface area contributed by atoms with Crippen molar-refractivity contribution in [3.05, 3.63) is 87.0 Å². The van der Waals surface area contributed by atoms with Gasteiger partial charge in [0, 0.05) is 24.5 Å². The quantitative estimate of drug-likeness (QED) is 0.460. The van der Waals surface area contributed by atoms with Crippen LogP contribution in [0, 0.1) is 12.7 Å².